The van der Waals surface area contributed by atoms with Crippen molar-refractivity contribution < 1.29 is 9.90 Å². The molecule has 1 saturated heterocycles. The number of piperidine rings is 1. The van der Waals surface area contributed by atoms with Gasteiger partial charge in [-0.2, -0.15) is 0 Å². The van der Waals surface area contributed by atoms with E-state index in [-0.39, 0.29) is 0 Å². The van der Waals surface area contributed by atoms with Crippen molar-refractivity contribution in [2.75, 3.05) is 13.1 Å². The first-order valence-corrected chi connectivity index (χ1v) is 7.13. The average molecular weight is 265 g/mol. The Morgan fingerprint density at radius 3 is 3.11 bits per heavy atom. The van der Waals surface area contributed by atoms with E-state index in [1.165, 1.54) is 4.88 Å². The Balaban J connectivity index is 2.06. The normalized spacial score (nSPS) is 24.9. The maximum absolute atomic E-state index is 11.5. The summed E-state index contributed by atoms with van der Waals surface area (Å²) in [6, 6.07) is 4.15. The van der Waals surface area contributed by atoms with Crippen molar-refractivity contribution >= 4 is 17.3 Å². The van der Waals surface area contributed by atoms with Gasteiger partial charge in [-0.3, -0.25) is 9.69 Å². The summed E-state index contributed by atoms with van der Waals surface area (Å²) in [5.74, 6) is -0.682. The zero-order valence-corrected chi connectivity index (χ0v) is 11.3. The van der Waals surface area contributed by atoms with Crippen molar-refractivity contribution in [2.45, 2.75) is 25.8 Å². The van der Waals surface area contributed by atoms with Crippen LogP contribution in [0.5, 0.6) is 0 Å². The van der Waals surface area contributed by atoms with Gasteiger partial charge >= 0.3 is 5.97 Å². The lowest BCUT2D eigenvalue weighted by Gasteiger charge is -2.39. The Labute approximate surface area is 112 Å². The first-order valence-electron chi connectivity index (χ1n) is 6.25. The molecule has 0 spiro atoms. The Kier molecular flexibility index (Phi) is 4.19. The largest absolute Gasteiger partial charge is 0.481 e. The number of aliphatic carboxylic acids is 1. The van der Waals surface area contributed by atoms with E-state index >= 15 is 0 Å². The van der Waals surface area contributed by atoms with Gasteiger partial charge in [-0.1, -0.05) is 12.1 Å². The number of nitrogens with zero attached hydrogens (tertiary/aromatic N) is 1. The number of carboxylic acids is 1. The van der Waals surface area contributed by atoms with Gasteiger partial charge in [-0.25, -0.2) is 0 Å². The van der Waals surface area contributed by atoms with E-state index in [9.17, 15) is 9.90 Å². The van der Waals surface area contributed by atoms with E-state index in [1.54, 1.807) is 17.4 Å². The third-order valence-electron chi connectivity index (χ3n) is 3.60. The van der Waals surface area contributed by atoms with Gasteiger partial charge in [0.05, 0.1) is 5.41 Å². The highest BCUT2D eigenvalue weighted by Gasteiger charge is 2.41. The number of hydrogen-bond donors (Lipinski definition) is 1. The predicted octanol–water partition coefficient (Wildman–Crippen LogP) is 2.99. The van der Waals surface area contributed by atoms with Crippen molar-refractivity contribution in [3.8, 4) is 0 Å². The summed E-state index contributed by atoms with van der Waals surface area (Å²) >= 11 is 1.73. The Bertz CT molecular complexity index is 415. The van der Waals surface area contributed by atoms with Crippen LogP contribution >= 0.6 is 11.3 Å². The molecular formula is C14H19NO2S. The minimum atomic E-state index is -0.682. The molecule has 1 aliphatic heterocycles. The molecule has 0 unspecified atom stereocenters. The number of carboxylic acid groups (broad SMARTS) is 1. The number of allylic oxidation sites excluding steroid dienone is 1. The summed E-state index contributed by atoms with van der Waals surface area (Å²) in [6.07, 6.45) is 4.01. The van der Waals surface area contributed by atoms with Crippen LogP contribution in [0.1, 0.15) is 24.1 Å². The van der Waals surface area contributed by atoms with E-state index in [4.69, 9.17) is 0 Å². The number of hydrogen-bond acceptors (Lipinski definition) is 3. The van der Waals surface area contributed by atoms with Crippen LogP contribution < -0.4 is 0 Å². The highest BCUT2D eigenvalue weighted by molar-refractivity contribution is 7.09. The Hall–Kier alpha value is -1.13. The SMILES string of the molecule is C=CC[C@]1(C(=O)O)CCCN(Cc2cccs2)C1. The van der Waals surface area contributed by atoms with Crippen molar-refractivity contribution in [2.24, 2.45) is 5.41 Å². The van der Waals surface area contributed by atoms with Gasteiger partial charge in [0.2, 0.25) is 0 Å². The van der Waals surface area contributed by atoms with Gasteiger partial charge < -0.3 is 5.11 Å². The molecule has 0 aromatic carbocycles. The number of rotatable bonds is 5. The van der Waals surface area contributed by atoms with Crippen LogP contribution in [0.4, 0.5) is 0 Å². The summed E-state index contributed by atoms with van der Waals surface area (Å²) in [7, 11) is 0. The van der Waals surface area contributed by atoms with E-state index in [0.717, 1.165) is 25.9 Å². The molecule has 1 aromatic heterocycles. The molecule has 0 amide bonds. The van der Waals surface area contributed by atoms with Gasteiger partial charge in [0.25, 0.3) is 0 Å². The maximum atomic E-state index is 11.5. The Morgan fingerprint density at radius 1 is 1.67 bits per heavy atom. The molecule has 1 aromatic rings. The molecular weight excluding hydrogens is 246 g/mol. The van der Waals surface area contributed by atoms with E-state index < -0.39 is 11.4 Å². The summed E-state index contributed by atoms with van der Waals surface area (Å²) in [5.41, 5.74) is -0.628. The maximum Gasteiger partial charge on any atom is 0.311 e. The lowest BCUT2D eigenvalue weighted by molar-refractivity contribution is -0.152. The minimum Gasteiger partial charge on any atom is -0.481 e. The van der Waals surface area contributed by atoms with Crippen molar-refractivity contribution in [1.82, 2.24) is 4.90 Å². The highest BCUT2D eigenvalue weighted by atomic mass is 32.1. The standard InChI is InChI=1S/C14H19NO2S/c1-2-6-14(13(16)17)7-4-8-15(11-14)10-12-5-3-9-18-12/h2-3,5,9H,1,4,6-8,10-11H2,(H,16,17)/t14-/m0/s1. The zero-order valence-electron chi connectivity index (χ0n) is 10.5. The van der Waals surface area contributed by atoms with Gasteiger partial charge in [-0.15, -0.1) is 17.9 Å². The molecule has 3 nitrogen and oxygen atoms in total. The first kappa shape index (κ1) is 13.3. The molecule has 18 heavy (non-hydrogen) atoms. The summed E-state index contributed by atoms with van der Waals surface area (Å²) < 4.78 is 0. The zero-order chi connectivity index (χ0) is 13.0. The second kappa shape index (κ2) is 5.67. The molecule has 1 N–H and O–H groups in total. The second-order valence-electron chi connectivity index (χ2n) is 4.97. The predicted molar refractivity (Wildman–Crippen MR) is 73.7 cm³/mol. The first-order chi connectivity index (χ1) is 8.66. The van der Waals surface area contributed by atoms with Crippen LogP contribution in [-0.2, 0) is 11.3 Å². The van der Waals surface area contributed by atoms with Crippen LogP contribution in [0.25, 0.3) is 0 Å². The molecule has 4 heteroatoms. The molecule has 0 bridgehead atoms. The molecule has 0 aliphatic carbocycles. The number of thiophene rings is 1. The molecule has 1 atom stereocenters. The van der Waals surface area contributed by atoms with Crippen molar-refractivity contribution in [3.05, 3.63) is 35.0 Å². The summed E-state index contributed by atoms with van der Waals surface area (Å²) in [6.45, 7) is 6.19. The molecule has 1 fully saturated rings. The quantitative estimate of drug-likeness (QED) is 0.832. The molecule has 1 aliphatic rings. The molecule has 2 rings (SSSR count). The van der Waals surface area contributed by atoms with E-state index in [2.05, 4.69) is 22.9 Å². The fourth-order valence-electron chi connectivity index (χ4n) is 2.69. The van der Waals surface area contributed by atoms with E-state index in [0.29, 0.717) is 13.0 Å². The van der Waals surface area contributed by atoms with Crippen LogP contribution in [-0.4, -0.2) is 29.1 Å². The third kappa shape index (κ3) is 2.82. The van der Waals surface area contributed by atoms with Gasteiger partial charge in [0.1, 0.15) is 0 Å². The molecule has 98 valence electrons. The van der Waals surface area contributed by atoms with Gasteiger partial charge in [-0.05, 0) is 37.3 Å². The van der Waals surface area contributed by atoms with Crippen LogP contribution in [0.2, 0.25) is 0 Å². The lowest BCUT2D eigenvalue weighted by atomic mass is 9.77. The fraction of sp³-hybridized carbons (Fsp3) is 0.500. The molecule has 0 radical (unpaired) electrons. The molecule has 0 saturated carbocycles. The highest BCUT2D eigenvalue weighted by Crippen LogP contribution is 2.35. The molecule has 2 heterocycles. The van der Waals surface area contributed by atoms with Gasteiger partial charge in [0.15, 0.2) is 0 Å². The topological polar surface area (TPSA) is 40.5 Å². The number of likely N-dealkylation sites (tertiary alicyclic amines) is 1. The smallest absolute Gasteiger partial charge is 0.311 e. The number of carbonyl (C=O) groups is 1. The third-order valence-corrected chi connectivity index (χ3v) is 4.47. The van der Waals surface area contributed by atoms with E-state index in [1.807, 2.05) is 6.07 Å². The summed E-state index contributed by atoms with van der Waals surface area (Å²) in [5, 5.41) is 11.6. The Morgan fingerprint density at radius 2 is 2.50 bits per heavy atom. The fourth-order valence-corrected chi connectivity index (χ4v) is 3.44. The van der Waals surface area contributed by atoms with Crippen LogP contribution in [0, 0.1) is 5.41 Å². The van der Waals surface area contributed by atoms with Crippen LogP contribution in [0.15, 0.2) is 30.2 Å². The lowest BCUT2D eigenvalue weighted by Crippen LogP contribution is -2.47. The van der Waals surface area contributed by atoms with Gasteiger partial charge in [0, 0.05) is 18.0 Å². The second-order valence-corrected chi connectivity index (χ2v) is 6.00. The van der Waals surface area contributed by atoms with Crippen LogP contribution in [0.3, 0.4) is 0 Å². The minimum absolute atomic E-state index is 0.559. The monoisotopic (exact) mass is 265 g/mol. The van der Waals surface area contributed by atoms with Crippen molar-refractivity contribution in [3.63, 3.8) is 0 Å². The van der Waals surface area contributed by atoms with Crippen molar-refractivity contribution in [1.29, 1.82) is 0 Å². The average Bonchev–Trinajstić information content (AvgIpc) is 2.82. The summed E-state index contributed by atoms with van der Waals surface area (Å²) in [4.78, 5) is 15.1.